The highest BCUT2D eigenvalue weighted by Gasteiger charge is 2.15. The van der Waals surface area contributed by atoms with Gasteiger partial charge in [0.15, 0.2) is 5.11 Å². The van der Waals surface area contributed by atoms with E-state index in [1.54, 1.807) is 0 Å². The van der Waals surface area contributed by atoms with Crippen molar-refractivity contribution >= 4 is 34.9 Å². The molecule has 4 nitrogen and oxygen atoms in total. The molecule has 0 atom stereocenters. The number of fused-ring (bicyclic) bond motifs is 1. The molecule has 0 aliphatic carbocycles. The lowest BCUT2D eigenvalue weighted by atomic mass is 9.99. The van der Waals surface area contributed by atoms with Crippen LogP contribution in [0.2, 0.25) is 0 Å². The summed E-state index contributed by atoms with van der Waals surface area (Å²) < 4.78 is 0. The molecule has 5 heteroatoms. The van der Waals surface area contributed by atoms with Crippen LogP contribution in [0, 0.1) is 0 Å². The number of thiocarbonyl (C=S) groups is 1. The number of nitrogens with zero attached hydrogens (tertiary/aromatic N) is 2. The predicted octanol–water partition coefficient (Wildman–Crippen LogP) is 5.29. The van der Waals surface area contributed by atoms with Gasteiger partial charge in [-0.15, -0.1) is 0 Å². The third kappa shape index (κ3) is 5.32. The fraction of sp³-hybridized carbons (Fsp3) is 0.391. The normalized spacial score (nSPS) is 13.6. The minimum absolute atomic E-state index is 0.487. The molecule has 0 saturated heterocycles. The van der Waals surface area contributed by atoms with Gasteiger partial charge in [-0.25, -0.2) is 0 Å². The molecule has 1 heterocycles. The maximum Gasteiger partial charge on any atom is 0.191 e. The third-order valence-corrected chi connectivity index (χ3v) is 5.22. The van der Waals surface area contributed by atoms with Gasteiger partial charge in [0.25, 0.3) is 0 Å². The van der Waals surface area contributed by atoms with Crippen LogP contribution >= 0.6 is 12.2 Å². The minimum atomic E-state index is 0.487. The number of hydrazone groups is 1. The number of anilines is 2. The van der Waals surface area contributed by atoms with Gasteiger partial charge in [0.05, 0.1) is 6.21 Å². The second-order valence-electron chi connectivity index (χ2n) is 7.58. The van der Waals surface area contributed by atoms with Crippen molar-refractivity contribution < 1.29 is 0 Å². The first-order valence-electron chi connectivity index (χ1n) is 10.1. The van der Waals surface area contributed by atoms with Gasteiger partial charge >= 0.3 is 0 Å². The molecule has 0 radical (unpaired) electrons. The highest BCUT2D eigenvalue weighted by Crippen LogP contribution is 2.27. The smallest absolute Gasteiger partial charge is 0.191 e. The van der Waals surface area contributed by atoms with E-state index in [1.807, 2.05) is 18.3 Å². The van der Waals surface area contributed by atoms with Crippen molar-refractivity contribution in [2.75, 3.05) is 23.3 Å². The molecule has 0 bridgehead atoms. The average molecular weight is 395 g/mol. The molecule has 1 aliphatic heterocycles. The van der Waals surface area contributed by atoms with E-state index >= 15 is 0 Å². The van der Waals surface area contributed by atoms with Crippen molar-refractivity contribution in [2.24, 2.45) is 5.10 Å². The molecule has 0 fully saturated rings. The number of aryl methyl sites for hydroxylation is 1. The van der Waals surface area contributed by atoms with Crippen LogP contribution in [0.5, 0.6) is 0 Å². The van der Waals surface area contributed by atoms with Crippen molar-refractivity contribution in [3.8, 4) is 0 Å². The van der Waals surface area contributed by atoms with Crippen LogP contribution in [0.25, 0.3) is 0 Å². The lowest BCUT2D eigenvalue weighted by Crippen LogP contribution is -2.30. The SMILES string of the molecule is CCCN1CCCc2cc(/C=N\NC(=S)Nc3ccc(C(C)C)cc3)ccc21. The summed E-state index contributed by atoms with van der Waals surface area (Å²) in [6, 6.07) is 14.9. The van der Waals surface area contributed by atoms with Crippen molar-refractivity contribution in [1.82, 2.24) is 5.43 Å². The zero-order valence-electron chi connectivity index (χ0n) is 17.0. The van der Waals surface area contributed by atoms with E-state index in [-0.39, 0.29) is 0 Å². The van der Waals surface area contributed by atoms with Crippen LogP contribution in [0.1, 0.15) is 56.2 Å². The summed E-state index contributed by atoms with van der Waals surface area (Å²) in [5, 5.41) is 7.95. The standard InChI is InChI=1S/C23H30N4S/c1-4-13-27-14-5-6-20-15-18(7-12-22(20)27)16-24-26-23(28)25-21-10-8-19(9-11-21)17(2)3/h7-12,15-17H,4-6,13-14H2,1-3H3,(H2,25,26,28)/b24-16-. The van der Waals surface area contributed by atoms with E-state index in [4.69, 9.17) is 12.2 Å². The molecular formula is C23H30N4S. The average Bonchev–Trinajstić information content (AvgIpc) is 2.68. The van der Waals surface area contributed by atoms with Gasteiger partial charge in [-0.3, -0.25) is 5.43 Å². The monoisotopic (exact) mass is 394 g/mol. The second kappa shape index (κ2) is 9.69. The molecule has 0 aromatic heterocycles. The summed E-state index contributed by atoms with van der Waals surface area (Å²) in [6.45, 7) is 8.89. The van der Waals surface area contributed by atoms with Crippen LogP contribution in [-0.4, -0.2) is 24.4 Å². The topological polar surface area (TPSA) is 39.7 Å². The quantitative estimate of drug-likeness (QED) is 0.397. The van der Waals surface area contributed by atoms with Gasteiger partial charge < -0.3 is 10.2 Å². The zero-order valence-corrected chi connectivity index (χ0v) is 17.9. The largest absolute Gasteiger partial charge is 0.371 e. The van der Waals surface area contributed by atoms with Gasteiger partial charge in [-0.1, -0.05) is 39.0 Å². The minimum Gasteiger partial charge on any atom is -0.371 e. The van der Waals surface area contributed by atoms with Crippen LogP contribution in [0.3, 0.4) is 0 Å². The van der Waals surface area contributed by atoms with Crippen LogP contribution in [0.15, 0.2) is 47.6 Å². The molecule has 148 valence electrons. The number of hydrogen-bond donors (Lipinski definition) is 2. The second-order valence-corrected chi connectivity index (χ2v) is 7.99. The Hall–Kier alpha value is -2.40. The fourth-order valence-corrected chi connectivity index (χ4v) is 3.72. The van der Waals surface area contributed by atoms with Crippen LogP contribution in [0.4, 0.5) is 11.4 Å². The number of nitrogens with one attached hydrogen (secondary N) is 2. The maximum atomic E-state index is 5.33. The van der Waals surface area contributed by atoms with Crippen molar-refractivity contribution in [3.05, 3.63) is 59.2 Å². The van der Waals surface area contributed by atoms with E-state index in [1.165, 1.54) is 29.7 Å². The molecule has 3 rings (SSSR count). The van der Waals surface area contributed by atoms with Gasteiger partial charge in [0, 0.05) is 24.5 Å². The predicted molar refractivity (Wildman–Crippen MR) is 125 cm³/mol. The Morgan fingerprint density at radius 1 is 1.21 bits per heavy atom. The first kappa shape index (κ1) is 20.3. The van der Waals surface area contributed by atoms with E-state index < -0.39 is 0 Å². The van der Waals surface area contributed by atoms with Crippen LogP contribution < -0.4 is 15.6 Å². The Kier molecular flexibility index (Phi) is 7.04. The molecule has 0 saturated carbocycles. The molecule has 2 aromatic carbocycles. The van der Waals surface area contributed by atoms with E-state index in [0.717, 1.165) is 30.8 Å². The number of rotatable bonds is 6. The lowest BCUT2D eigenvalue weighted by Gasteiger charge is -2.31. The van der Waals surface area contributed by atoms with Crippen molar-refractivity contribution in [1.29, 1.82) is 0 Å². The Morgan fingerprint density at radius 3 is 2.71 bits per heavy atom. The van der Waals surface area contributed by atoms with Crippen molar-refractivity contribution in [3.63, 3.8) is 0 Å². The van der Waals surface area contributed by atoms with Crippen LogP contribution in [-0.2, 0) is 6.42 Å². The Bertz CT molecular complexity index is 827. The Morgan fingerprint density at radius 2 is 2.00 bits per heavy atom. The summed E-state index contributed by atoms with van der Waals surface area (Å²) in [6.07, 6.45) is 5.36. The summed E-state index contributed by atoms with van der Waals surface area (Å²) in [5.41, 5.74) is 9.06. The fourth-order valence-electron chi connectivity index (χ4n) is 3.55. The van der Waals surface area contributed by atoms with E-state index in [9.17, 15) is 0 Å². The molecule has 0 amide bonds. The van der Waals surface area contributed by atoms with E-state index in [2.05, 4.69) is 71.8 Å². The van der Waals surface area contributed by atoms with Gasteiger partial charge in [-0.2, -0.15) is 5.10 Å². The molecule has 28 heavy (non-hydrogen) atoms. The summed E-state index contributed by atoms with van der Waals surface area (Å²) in [5.74, 6) is 0.523. The zero-order chi connectivity index (χ0) is 19.9. The summed E-state index contributed by atoms with van der Waals surface area (Å²) in [7, 11) is 0. The molecule has 1 aliphatic rings. The Labute approximate surface area is 174 Å². The lowest BCUT2D eigenvalue weighted by molar-refractivity contribution is 0.681. The summed E-state index contributed by atoms with van der Waals surface area (Å²) >= 11 is 5.33. The highest BCUT2D eigenvalue weighted by molar-refractivity contribution is 7.80. The molecular weight excluding hydrogens is 364 g/mol. The molecule has 0 unspecified atom stereocenters. The third-order valence-electron chi connectivity index (χ3n) is 5.03. The first-order chi connectivity index (χ1) is 13.6. The molecule has 0 spiro atoms. The van der Waals surface area contributed by atoms with Crippen molar-refractivity contribution in [2.45, 2.75) is 46.0 Å². The Balaban J connectivity index is 1.56. The van der Waals surface area contributed by atoms with Gasteiger partial charge in [0.2, 0.25) is 0 Å². The van der Waals surface area contributed by atoms with E-state index in [0.29, 0.717) is 11.0 Å². The van der Waals surface area contributed by atoms with Gasteiger partial charge in [-0.05, 0) is 78.4 Å². The van der Waals surface area contributed by atoms with Gasteiger partial charge in [0.1, 0.15) is 0 Å². The maximum absolute atomic E-state index is 5.33. The first-order valence-corrected chi connectivity index (χ1v) is 10.6. The molecule has 2 aromatic rings. The molecule has 2 N–H and O–H groups in total. The number of hydrogen-bond acceptors (Lipinski definition) is 3. The summed E-state index contributed by atoms with van der Waals surface area (Å²) in [4.78, 5) is 2.49. The highest BCUT2D eigenvalue weighted by atomic mass is 32.1. The number of benzene rings is 2.